The summed E-state index contributed by atoms with van der Waals surface area (Å²) in [4.78, 5) is 27.8. The third-order valence-electron chi connectivity index (χ3n) is 4.32. The topological polar surface area (TPSA) is 58.6 Å². The fourth-order valence-corrected chi connectivity index (χ4v) is 3.87. The van der Waals surface area contributed by atoms with Crippen LogP contribution < -0.4 is 5.32 Å². The molecule has 132 valence electrons. The lowest BCUT2D eigenvalue weighted by molar-refractivity contribution is -0.133. The third-order valence-corrected chi connectivity index (χ3v) is 5.34. The number of nitrogens with one attached hydrogen (secondary N) is 1. The van der Waals surface area contributed by atoms with Crippen LogP contribution in [0.15, 0.2) is 35.7 Å². The molecule has 1 aromatic heterocycles. The Morgan fingerprint density at radius 2 is 2.08 bits per heavy atom. The molecular weight excluding hydrogens is 336 g/mol. The third kappa shape index (κ3) is 4.46. The molecule has 1 aromatic carbocycles. The molecular formula is C19H22N2O3S. The molecule has 2 aromatic rings. The summed E-state index contributed by atoms with van der Waals surface area (Å²) in [6.07, 6.45) is 1.33. The molecule has 0 saturated heterocycles. The van der Waals surface area contributed by atoms with E-state index in [2.05, 4.69) is 16.8 Å². The minimum atomic E-state index is -0.148. The van der Waals surface area contributed by atoms with Crippen molar-refractivity contribution < 1.29 is 14.3 Å². The maximum atomic E-state index is 12.4. The van der Waals surface area contributed by atoms with E-state index >= 15 is 0 Å². The zero-order chi connectivity index (χ0) is 17.6. The van der Waals surface area contributed by atoms with Crippen molar-refractivity contribution in [2.24, 2.45) is 0 Å². The van der Waals surface area contributed by atoms with Crippen molar-refractivity contribution >= 4 is 28.8 Å². The molecule has 6 heteroatoms. The second-order valence-corrected chi connectivity index (χ2v) is 7.07. The molecule has 0 atom stereocenters. The number of carbonyl (C=O) groups is 2. The number of ether oxygens (including phenoxy) is 1. The molecule has 0 fully saturated rings. The van der Waals surface area contributed by atoms with Gasteiger partial charge in [-0.2, -0.15) is 0 Å². The summed E-state index contributed by atoms with van der Waals surface area (Å²) >= 11 is 1.75. The summed E-state index contributed by atoms with van der Waals surface area (Å²) in [6.45, 7) is 1.84. The summed E-state index contributed by atoms with van der Waals surface area (Å²) < 4.78 is 5.14. The summed E-state index contributed by atoms with van der Waals surface area (Å²) in [6, 6.07) is 9.61. The van der Waals surface area contributed by atoms with Gasteiger partial charge < -0.3 is 15.0 Å². The standard InChI is InChI=1S/C19H22N2O3S/c1-24-13-15-4-2-3-5-16(15)20-18(22)6-7-19(23)21-10-8-17-14(12-21)9-11-25-17/h2-5,9,11H,6-8,10,12-13H2,1H3,(H,20,22). The number of carbonyl (C=O) groups excluding carboxylic acids is 2. The lowest BCUT2D eigenvalue weighted by atomic mass is 10.1. The van der Waals surface area contributed by atoms with Gasteiger partial charge in [0, 0.05) is 49.2 Å². The number of hydrogen-bond acceptors (Lipinski definition) is 4. The van der Waals surface area contributed by atoms with Gasteiger partial charge in [0.1, 0.15) is 0 Å². The fraction of sp³-hybridized carbons (Fsp3) is 0.368. The number of fused-ring (bicyclic) bond motifs is 1. The molecule has 2 heterocycles. The lowest BCUT2D eigenvalue weighted by Gasteiger charge is -2.27. The first-order valence-corrected chi connectivity index (χ1v) is 9.25. The molecule has 0 bridgehead atoms. The highest BCUT2D eigenvalue weighted by Gasteiger charge is 2.21. The van der Waals surface area contributed by atoms with E-state index in [1.807, 2.05) is 29.2 Å². The number of hydrogen-bond donors (Lipinski definition) is 1. The monoisotopic (exact) mass is 358 g/mol. The molecule has 2 amide bonds. The maximum absolute atomic E-state index is 12.4. The van der Waals surface area contributed by atoms with E-state index in [9.17, 15) is 9.59 Å². The predicted octanol–water partition coefficient (Wildman–Crippen LogP) is 3.20. The Kier molecular flexibility index (Phi) is 5.83. The Bertz CT molecular complexity index is 757. The Hall–Kier alpha value is -2.18. The van der Waals surface area contributed by atoms with Gasteiger partial charge in [-0.05, 0) is 29.5 Å². The van der Waals surface area contributed by atoms with Crippen LogP contribution >= 0.6 is 11.3 Å². The van der Waals surface area contributed by atoms with Crippen molar-refractivity contribution in [3.63, 3.8) is 0 Å². The van der Waals surface area contributed by atoms with Crippen molar-refractivity contribution in [1.29, 1.82) is 0 Å². The van der Waals surface area contributed by atoms with Crippen LogP contribution in [-0.2, 0) is 33.9 Å². The van der Waals surface area contributed by atoms with Gasteiger partial charge in [0.05, 0.1) is 6.61 Å². The van der Waals surface area contributed by atoms with Crippen LogP contribution in [0.1, 0.15) is 28.8 Å². The summed E-state index contributed by atoms with van der Waals surface area (Å²) in [7, 11) is 1.62. The largest absolute Gasteiger partial charge is 0.380 e. The number of para-hydroxylation sites is 1. The first-order valence-electron chi connectivity index (χ1n) is 8.37. The molecule has 0 aliphatic carbocycles. The first-order chi connectivity index (χ1) is 12.2. The Morgan fingerprint density at radius 1 is 1.24 bits per heavy atom. The SMILES string of the molecule is COCc1ccccc1NC(=O)CCC(=O)N1CCc2sccc2C1. The van der Waals surface area contributed by atoms with Crippen LogP contribution in [0.2, 0.25) is 0 Å². The fourth-order valence-electron chi connectivity index (χ4n) is 2.98. The van der Waals surface area contributed by atoms with Crippen molar-refractivity contribution in [2.45, 2.75) is 32.4 Å². The lowest BCUT2D eigenvalue weighted by Crippen LogP contribution is -2.35. The highest BCUT2D eigenvalue weighted by Crippen LogP contribution is 2.24. The highest BCUT2D eigenvalue weighted by atomic mass is 32.1. The van der Waals surface area contributed by atoms with Gasteiger partial charge in [-0.3, -0.25) is 9.59 Å². The van der Waals surface area contributed by atoms with Crippen LogP contribution in [0, 0.1) is 0 Å². The highest BCUT2D eigenvalue weighted by molar-refractivity contribution is 7.10. The van der Waals surface area contributed by atoms with E-state index in [0.717, 1.165) is 24.2 Å². The van der Waals surface area contributed by atoms with E-state index in [1.165, 1.54) is 10.4 Å². The molecule has 5 nitrogen and oxygen atoms in total. The van der Waals surface area contributed by atoms with E-state index in [1.54, 1.807) is 18.4 Å². The molecule has 0 unspecified atom stereocenters. The predicted molar refractivity (Wildman–Crippen MR) is 98.5 cm³/mol. The van der Waals surface area contributed by atoms with E-state index in [-0.39, 0.29) is 24.7 Å². The van der Waals surface area contributed by atoms with Gasteiger partial charge in [-0.1, -0.05) is 18.2 Å². The smallest absolute Gasteiger partial charge is 0.224 e. The second kappa shape index (κ2) is 8.27. The number of anilines is 1. The average Bonchev–Trinajstić information content (AvgIpc) is 3.09. The number of amides is 2. The zero-order valence-electron chi connectivity index (χ0n) is 14.3. The molecule has 25 heavy (non-hydrogen) atoms. The van der Waals surface area contributed by atoms with Crippen LogP contribution in [0.25, 0.3) is 0 Å². The molecule has 1 aliphatic heterocycles. The van der Waals surface area contributed by atoms with Crippen LogP contribution in [0.4, 0.5) is 5.69 Å². The van der Waals surface area contributed by atoms with Gasteiger partial charge in [0.15, 0.2) is 0 Å². The van der Waals surface area contributed by atoms with Crippen LogP contribution in [-0.4, -0.2) is 30.4 Å². The Balaban J connectivity index is 1.50. The average molecular weight is 358 g/mol. The van der Waals surface area contributed by atoms with E-state index in [0.29, 0.717) is 13.2 Å². The quantitative estimate of drug-likeness (QED) is 0.863. The van der Waals surface area contributed by atoms with Crippen molar-refractivity contribution in [3.8, 4) is 0 Å². The van der Waals surface area contributed by atoms with E-state index in [4.69, 9.17) is 4.74 Å². The van der Waals surface area contributed by atoms with Gasteiger partial charge >= 0.3 is 0 Å². The molecule has 1 N–H and O–H groups in total. The molecule has 0 radical (unpaired) electrons. The summed E-state index contributed by atoms with van der Waals surface area (Å²) in [5.41, 5.74) is 2.90. The van der Waals surface area contributed by atoms with Gasteiger partial charge in [0.25, 0.3) is 0 Å². The van der Waals surface area contributed by atoms with Crippen molar-refractivity contribution in [1.82, 2.24) is 4.90 Å². The minimum absolute atomic E-state index is 0.0391. The molecule has 1 aliphatic rings. The summed E-state index contributed by atoms with van der Waals surface area (Å²) in [5, 5.41) is 4.95. The normalized spacial score (nSPS) is 13.4. The number of nitrogens with zero attached hydrogens (tertiary/aromatic N) is 1. The zero-order valence-corrected chi connectivity index (χ0v) is 15.1. The molecule has 3 rings (SSSR count). The first kappa shape index (κ1) is 17.6. The van der Waals surface area contributed by atoms with Crippen LogP contribution in [0.5, 0.6) is 0 Å². The number of thiophene rings is 1. The van der Waals surface area contributed by atoms with Gasteiger partial charge in [-0.15, -0.1) is 11.3 Å². The van der Waals surface area contributed by atoms with Crippen molar-refractivity contribution in [3.05, 3.63) is 51.7 Å². The maximum Gasteiger partial charge on any atom is 0.224 e. The van der Waals surface area contributed by atoms with Gasteiger partial charge in [-0.25, -0.2) is 0 Å². The number of methoxy groups -OCH3 is 1. The van der Waals surface area contributed by atoms with Crippen LogP contribution in [0.3, 0.4) is 0 Å². The molecule has 0 saturated carbocycles. The minimum Gasteiger partial charge on any atom is -0.380 e. The Labute approximate surface area is 151 Å². The van der Waals surface area contributed by atoms with Crippen molar-refractivity contribution in [2.75, 3.05) is 19.0 Å². The summed E-state index contributed by atoms with van der Waals surface area (Å²) in [5.74, 6) is -0.109. The molecule has 0 spiro atoms. The number of benzene rings is 1. The number of rotatable bonds is 6. The van der Waals surface area contributed by atoms with Gasteiger partial charge in [0.2, 0.25) is 11.8 Å². The van der Waals surface area contributed by atoms with E-state index < -0.39 is 0 Å². The Morgan fingerprint density at radius 3 is 2.92 bits per heavy atom. The second-order valence-electron chi connectivity index (χ2n) is 6.07.